The summed E-state index contributed by atoms with van der Waals surface area (Å²) in [7, 11) is 3.97. The third kappa shape index (κ3) is 3.34. The molecule has 0 spiro atoms. The van der Waals surface area contributed by atoms with E-state index >= 15 is 0 Å². The average Bonchev–Trinajstić information content (AvgIpc) is 2.31. The van der Waals surface area contributed by atoms with Crippen LogP contribution in [-0.4, -0.2) is 48.6 Å². The summed E-state index contributed by atoms with van der Waals surface area (Å²) in [6.45, 7) is 7.12. The third-order valence-corrected chi connectivity index (χ3v) is 2.65. The Morgan fingerprint density at radius 2 is 2.00 bits per heavy atom. The number of likely N-dealkylation sites (N-methyl/N-ethyl adjacent to an activating group) is 1. The molecule has 1 heterocycles. The van der Waals surface area contributed by atoms with E-state index in [4.69, 9.17) is 0 Å². The summed E-state index contributed by atoms with van der Waals surface area (Å²) in [5, 5.41) is 6.36. The molecule has 0 aromatic carbocycles. The first-order chi connectivity index (χ1) is 7.69. The van der Waals surface area contributed by atoms with Gasteiger partial charge in [-0.1, -0.05) is 6.92 Å². The zero-order chi connectivity index (χ0) is 12.0. The van der Waals surface area contributed by atoms with Crippen LogP contribution >= 0.6 is 0 Å². The predicted octanol–water partition coefficient (Wildman–Crippen LogP) is 1.19. The van der Waals surface area contributed by atoms with E-state index in [0.29, 0.717) is 0 Å². The topological polar surface area (TPSA) is 53.1 Å². The van der Waals surface area contributed by atoms with Crippen LogP contribution in [0.2, 0.25) is 0 Å². The van der Waals surface area contributed by atoms with Crippen LogP contribution in [0.5, 0.6) is 0 Å². The van der Waals surface area contributed by atoms with E-state index in [1.165, 1.54) is 0 Å². The van der Waals surface area contributed by atoms with E-state index in [-0.39, 0.29) is 0 Å². The molecule has 0 saturated heterocycles. The summed E-state index contributed by atoms with van der Waals surface area (Å²) < 4.78 is 0. The maximum absolute atomic E-state index is 4.23. The Morgan fingerprint density at radius 1 is 1.31 bits per heavy atom. The van der Waals surface area contributed by atoms with Crippen molar-refractivity contribution in [3.05, 3.63) is 11.9 Å². The van der Waals surface area contributed by atoms with Crippen molar-refractivity contribution in [1.82, 2.24) is 14.9 Å². The van der Waals surface area contributed by atoms with Crippen molar-refractivity contribution < 1.29 is 0 Å². The van der Waals surface area contributed by atoms with Crippen LogP contribution in [0.1, 0.15) is 12.5 Å². The Kier molecular flexibility index (Phi) is 4.98. The Labute approximate surface area is 97.3 Å². The van der Waals surface area contributed by atoms with Crippen LogP contribution in [0.3, 0.4) is 0 Å². The van der Waals surface area contributed by atoms with Gasteiger partial charge in [0.25, 0.3) is 0 Å². The van der Waals surface area contributed by atoms with Gasteiger partial charge in [-0.15, -0.1) is 0 Å². The second-order valence-corrected chi connectivity index (χ2v) is 3.77. The lowest BCUT2D eigenvalue weighted by atomic mass is 10.3. The summed E-state index contributed by atoms with van der Waals surface area (Å²) in [6.07, 6.45) is 1.57. The van der Waals surface area contributed by atoms with Gasteiger partial charge in [0, 0.05) is 25.7 Å². The molecule has 0 bridgehead atoms. The van der Waals surface area contributed by atoms with Crippen molar-refractivity contribution in [3.8, 4) is 0 Å². The van der Waals surface area contributed by atoms with Crippen molar-refractivity contribution in [2.45, 2.75) is 13.8 Å². The Balaban J connectivity index is 2.54. The van der Waals surface area contributed by atoms with Gasteiger partial charge in [0.1, 0.15) is 18.0 Å². The minimum absolute atomic E-state index is 0.876. The van der Waals surface area contributed by atoms with Gasteiger partial charge in [-0.25, -0.2) is 9.97 Å². The number of hydrogen-bond donors (Lipinski definition) is 2. The summed E-state index contributed by atoms with van der Waals surface area (Å²) in [5.41, 5.74) is 1.06. The van der Waals surface area contributed by atoms with E-state index in [9.17, 15) is 0 Å². The molecule has 0 saturated carbocycles. The van der Waals surface area contributed by atoms with Gasteiger partial charge in [-0.05, 0) is 20.5 Å². The molecule has 0 aliphatic rings. The fraction of sp³-hybridized carbons (Fsp3) is 0.636. The van der Waals surface area contributed by atoms with Crippen molar-refractivity contribution in [3.63, 3.8) is 0 Å². The van der Waals surface area contributed by atoms with E-state index in [1.54, 1.807) is 6.33 Å². The lowest BCUT2D eigenvalue weighted by Gasteiger charge is -2.15. The van der Waals surface area contributed by atoms with Crippen molar-refractivity contribution >= 4 is 11.6 Å². The molecule has 1 aromatic heterocycles. The minimum atomic E-state index is 0.876. The van der Waals surface area contributed by atoms with Gasteiger partial charge in [0.15, 0.2) is 0 Å². The molecular formula is C11H21N5. The van der Waals surface area contributed by atoms with Crippen LogP contribution in [-0.2, 0) is 0 Å². The third-order valence-electron chi connectivity index (χ3n) is 2.65. The molecule has 5 nitrogen and oxygen atoms in total. The summed E-state index contributed by atoms with van der Waals surface area (Å²) in [5.74, 6) is 1.78. The molecule has 16 heavy (non-hydrogen) atoms. The van der Waals surface area contributed by atoms with Crippen LogP contribution in [0, 0.1) is 6.92 Å². The smallest absolute Gasteiger partial charge is 0.134 e. The van der Waals surface area contributed by atoms with Gasteiger partial charge >= 0.3 is 0 Å². The van der Waals surface area contributed by atoms with Crippen LogP contribution in [0.15, 0.2) is 6.33 Å². The van der Waals surface area contributed by atoms with Gasteiger partial charge in [0.2, 0.25) is 0 Å². The van der Waals surface area contributed by atoms with E-state index < -0.39 is 0 Å². The highest BCUT2D eigenvalue weighted by molar-refractivity contribution is 5.55. The summed E-state index contributed by atoms with van der Waals surface area (Å²) in [6, 6.07) is 0. The van der Waals surface area contributed by atoms with Crippen molar-refractivity contribution in [2.24, 2.45) is 0 Å². The first-order valence-corrected chi connectivity index (χ1v) is 5.60. The molecule has 0 atom stereocenters. The standard InChI is InChI=1S/C11H21N5/c1-5-16(4)7-6-13-11-9(2)10(12-3)14-8-15-11/h8H,5-7H2,1-4H3,(H2,12,13,14,15). The van der Waals surface area contributed by atoms with Gasteiger partial charge in [-0.3, -0.25) is 0 Å². The number of nitrogens with one attached hydrogen (secondary N) is 2. The molecule has 0 aliphatic heterocycles. The van der Waals surface area contributed by atoms with Crippen molar-refractivity contribution in [1.29, 1.82) is 0 Å². The van der Waals surface area contributed by atoms with Gasteiger partial charge < -0.3 is 15.5 Å². The minimum Gasteiger partial charge on any atom is -0.373 e. The van der Waals surface area contributed by atoms with Gasteiger partial charge in [-0.2, -0.15) is 0 Å². The predicted molar refractivity (Wildman–Crippen MR) is 68.0 cm³/mol. The monoisotopic (exact) mass is 223 g/mol. The number of rotatable bonds is 6. The largest absolute Gasteiger partial charge is 0.373 e. The fourth-order valence-corrected chi connectivity index (χ4v) is 1.40. The second-order valence-electron chi connectivity index (χ2n) is 3.77. The first kappa shape index (κ1) is 12.7. The number of nitrogens with zero attached hydrogens (tertiary/aromatic N) is 3. The molecule has 0 amide bonds. The van der Waals surface area contributed by atoms with Crippen molar-refractivity contribution in [2.75, 3.05) is 44.4 Å². The van der Waals surface area contributed by atoms with E-state index in [0.717, 1.165) is 36.8 Å². The number of hydrogen-bond acceptors (Lipinski definition) is 5. The SMILES string of the molecule is CCN(C)CCNc1ncnc(NC)c1C. The van der Waals surface area contributed by atoms with Crippen LogP contribution in [0.25, 0.3) is 0 Å². The number of aromatic nitrogens is 2. The quantitative estimate of drug-likeness (QED) is 0.758. The molecule has 90 valence electrons. The van der Waals surface area contributed by atoms with Crippen LogP contribution < -0.4 is 10.6 Å². The molecule has 5 heteroatoms. The lowest BCUT2D eigenvalue weighted by molar-refractivity contribution is 0.367. The normalized spacial score (nSPS) is 10.6. The molecule has 0 fully saturated rings. The van der Waals surface area contributed by atoms with Crippen LogP contribution in [0.4, 0.5) is 11.6 Å². The molecule has 0 unspecified atom stereocenters. The second kappa shape index (κ2) is 6.27. The maximum Gasteiger partial charge on any atom is 0.134 e. The first-order valence-electron chi connectivity index (χ1n) is 5.60. The van der Waals surface area contributed by atoms with E-state index in [1.807, 2.05) is 14.0 Å². The maximum atomic E-state index is 4.23. The average molecular weight is 223 g/mol. The molecule has 1 aromatic rings. The molecular weight excluding hydrogens is 202 g/mol. The fourth-order valence-electron chi connectivity index (χ4n) is 1.40. The molecule has 0 aliphatic carbocycles. The highest BCUT2D eigenvalue weighted by atomic mass is 15.1. The van der Waals surface area contributed by atoms with E-state index in [2.05, 4.69) is 39.5 Å². The summed E-state index contributed by atoms with van der Waals surface area (Å²) >= 11 is 0. The molecule has 1 rings (SSSR count). The van der Waals surface area contributed by atoms with Gasteiger partial charge in [0.05, 0.1) is 0 Å². The zero-order valence-electron chi connectivity index (χ0n) is 10.5. The molecule has 2 N–H and O–H groups in total. The Hall–Kier alpha value is -1.36. The highest BCUT2D eigenvalue weighted by Crippen LogP contribution is 2.16. The lowest BCUT2D eigenvalue weighted by Crippen LogP contribution is -2.25. The highest BCUT2D eigenvalue weighted by Gasteiger charge is 2.04. The molecule has 0 radical (unpaired) electrons. The zero-order valence-corrected chi connectivity index (χ0v) is 10.5. The summed E-state index contributed by atoms with van der Waals surface area (Å²) in [4.78, 5) is 10.6. The Bertz CT molecular complexity index is 326. The Morgan fingerprint density at radius 3 is 2.62 bits per heavy atom. The number of anilines is 2.